The van der Waals surface area contributed by atoms with Crippen molar-refractivity contribution < 1.29 is 5.11 Å². The summed E-state index contributed by atoms with van der Waals surface area (Å²) in [5, 5.41) is 14.6. The van der Waals surface area contributed by atoms with Crippen molar-refractivity contribution in [2.24, 2.45) is 7.05 Å². The van der Waals surface area contributed by atoms with Crippen molar-refractivity contribution in [3.05, 3.63) is 23.4 Å². The van der Waals surface area contributed by atoms with Crippen molar-refractivity contribution >= 4 is 23.4 Å². The molecule has 0 aliphatic rings. The second kappa shape index (κ2) is 4.77. The molecule has 0 saturated heterocycles. The molecule has 0 aromatic carbocycles. The topological polar surface area (TPSA) is 76.7 Å². The maximum atomic E-state index is 9.18. The van der Waals surface area contributed by atoms with Crippen molar-refractivity contribution in [2.45, 2.75) is 16.8 Å². The van der Waals surface area contributed by atoms with E-state index in [0.717, 1.165) is 0 Å². The van der Waals surface area contributed by atoms with Gasteiger partial charge in [-0.2, -0.15) is 5.10 Å². The molecule has 0 saturated carbocycles. The van der Waals surface area contributed by atoms with Crippen LogP contribution in [0.5, 0.6) is 0 Å². The normalized spacial score (nSPS) is 10.7. The average molecular weight is 258 g/mol. The molecule has 0 spiro atoms. The van der Waals surface area contributed by atoms with E-state index in [1.807, 2.05) is 0 Å². The van der Waals surface area contributed by atoms with Gasteiger partial charge in [-0.25, -0.2) is 19.6 Å². The van der Waals surface area contributed by atoms with E-state index in [0.29, 0.717) is 15.7 Å². The van der Waals surface area contributed by atoms with Crippen molar-refractivity contribution in [3.63, 3.8) is 0 Å². The Hall–Kier alpha value is -1.18. The molecule has 1 N–H and O–H groups in total. The minimum atomic E-state index is -0.208. The molecule has 0 aliphatic heterocycles. The first-order valence-corrected chi connectivity index (χ1v) is 5.54. The first-order chi connectivity index (χ1) is 7.72. The SMILES string of the molecule is Cn1ncnc1Sc1ncnc(Cl)c1CO. The molecule has 2 aromatic rings. The van der Waals surface area contributed by atoms with E-state index in [2.05, 4.69) is 20.1 Å². The Morgan fingerprint density at radius 2 is 2.19 bits per heavy atom. The lowest BCUT2D eigenvalue weighted by atomic mass is 10.4. The summed E-state index contributed by atoms with van der Waals surface area (Å²) in [4.78, 5) is 11.9. The minimum absolute atomic E-state index is 0.208. The van der Waals surface area contributed by atoms with Crippen LogP contribution in [0.1, 0.15) is 5.56 Å². The van der Waals surface area contributed by atoms with Gasteiger partial charge in [0.05, 0.1) is 6.61 Å². The molecule has 0 unspecified atom stereocenters. The number of hydrogen-bond acceptors (Lipinski definition) is 6. The van der Waals surface area contributed by atoms with Crippen molar-refractivity contribution in [3.8, 4) is 0 Å². The Bertz CT molecular complexity index is 503. The van der Waals surface area contributed by atoms with Crippen LogP contribution in [0, 0.1) is 0 Å². The predicted octanol–water partition coefficient (Wildman–Crippen LogP) is 0.902. The highest BCUT2D eigenvalue weighted by molar-refractivity contribution is 7.99. The van der Waals surface area contributed by atoms with Gasteiger partial charge < -0.3 is 5.11 Å². The first-order valence-electron chi connectivity index (χ1n) is 4.34. The van der Waals surface area contributed by atoms with Gasteiger partial charge in [-0.15, -0.1) is 0 Å². The van der Waals surface area contributed by atoms with Crippen molar-refractivity contribution in [2.75, 3.05) is 0 Å². The van der Waals surface area contributed by atoms with Crippen LogP contribution in [0.4, 0.5) is 0 Å². The van der Waals surface area contributed by atoms with Gasteiger partial charge in [0.2, 0.25) is 0 Å². The van der Waals surface area contributed by atoms with E-state index in [1.165, 1.54) is 24.4 Å². The molecule has 0 amide bonds. The summed E-state index contributed by atoms with van der Waals surface area (Å²) in [6.07, 6.45) is 2.80. The van der Waals surface area contributed by atoms with Gasteiger partial charge in [0.25, 0.3) is 0 Å². The zero-order valence-electron chi connectivity index (χ0n) is 8.33. The van der Waals surface area contributed by atoms with Gasteiger partial charge in [0.15, 0.2) is 5.16 Å². The molecule has 6 nitrogen and oxygen atoms in total. The van der Waals surface area contributed by atoms with E-state index in [9.17, 15) is 5.11 Å². The van der Waals surface area contributed by atoms with E-state index >= 15 is 0 Å². The second-order valence-electron chi connectivity index (χ2n) is 2.87. The smallest absolute Gasteiger partial charge is 0.192 e. The van der Waals surface area contributed by atoms with Gasteiger partial charge in [-0.05, 0) is 11.8 Å². The molecular weight excluding hydrogens is 250 g/mol. The Morgan fingerprint density at radius 3 is 2.81 bits per heavy atom. The summed E-state index contributed by atoms with van der Waals surface area (Å²) < 4.78 is 1.61. The number of aliphatic hydroxyl groups is 1. The molecule has 0 radical (unpaired) electrons. The summed E-state index contributed by atoms with van der Waals surface area (Å²) in [5.41, 5.74) is 0.497. The van der Waals surface area contributed by atoms with Crippen molar-refractivity contribution in [1.82, 2.24) is 24.7 Å². The summed E-state index contributed by atoms with van der Waals surface area (Å²) in [5.74, 6) is 0. The number of halogens is 1. The zero-order chi connectivity index (χ0) is 11.5. The molecular formula is C8H8ClN5OS. The summed E-state index contributed by atoms with van der Waals surface area (Å²) in [6, 6.07) is 0. The van der Waals surface area contributed by atoms with E-state index < -0.39 is 0 Å². The van der Waals surface area contributed by atoms with Crippen LogP contribution in [0.2, 0.25) is 5.15 Å². The molecule has 2 rings (SSSR count). The Balaban J connectivity index is 2.35. The third kappa shape index (κ3) is 2.16. The lowest BCUT2D eigenvalue weighted by Gasteiger charge is -2.05. The van der Waals surface area contributed by atoms with Crippen LogP contribution in [0.15, 0.2) is 22.8 Å². The van der Waals surface area contributed by atoms with Gasteiger partial charge in [-0.1, -0.05) is 11.6 Å². The number of hydrogen-bond donors (Lipinski definition) is 1. The minimum Gasteiger partial charge on any atom is -0.391 e. The van der Waals surface area contributed by atoms with Crippen LogP contribution in [-0.2, 0) is 13.7 Å². The second-order valence-corrected chi connectivity index (χ2v) is 4.19. The molecule has 84 valence electrons. The molecule has 0 bridgehead atoms. The van der Waals surface area contributed by atoms with Crippen LogP contribution >= 0.6 is 23.4 Å². The number of nitrogens with zero attached hydrogens (tertiary/aromatic N) is 5. The summed E-state index contributed by atoms with van der Waals surface area (Å²) >= 11 is 7.12. The Kier molecular flexibility index (Phi) is 3.37. The highest BCUT2D eigenvalue weighted by Crippen LogP contribution is 2.29. The largest absolute Gasteiger partial charge is 0.391 e. The fourth-order valence-electron chi connectivity index (χ4n) is 1.06. The molecule has 0 aliphatic carbocycles. The van der Waals surface area contributed by atoms with Gasteiger partial charge in [-0.3, -0.25) is 0 Å². The van der Waals surface area contributed by atoms with Crippen LogP contribution in [-0.4, -0.2) is 29.8 Å². The van der Waals surface area contributed by atoms with E-state index in [4.69, 9.17) is 11.6 Å². The van der Waals surface area contributed by atoms with Gasteiger partial charge in [0, 0.05) is 12.6 Å². The molecule has 2 heterocycles. The molecule has 0 fully saturated rings. The number of aryl methyl sites for hydroxylation is 1. The molecule has 8 heteroatoms. The third-order valence-electron chi connectivity index (χ3n) is 1.87. The van der Waals surface area contributed by atoms with Crippen molar-refractivity contribution in [1.29, 1.82) is 0 Å². The highest BCUT2D eigenvalue weighted by Gasteiger charge is 2.12. The fourth-order valence-corrected chi connectivity index (χ4v) is 2.15. The van der Waals surface area contributed by atoms with Crippen LogP contribution in [0.25, 0.3) is 0 Å². The molecule has 16 heavy (non-hydrogen) atoms. The predicted molar refractivity (Wildman–Crippen MR) is 58.1 cm³/mol. The van der Waals surface area contributed by atoms with E-state index in [-0.39, 0.29) is 11.8 Å². The lowest BCUT2D eigenvalue weighted by Crippen LogP contribution is -1.98. The quantitative estimate of drug-likeness (QED) is 0.824. The number of aliphatic hydroxyl groups excluding tert-OH is 1. The third-order valence-corrected chi connectivity index (χ3v) is 3.29. The van der Waals surface area contributed by atoms with Gasteiger partial charge in [0.1, 0.15) is 22.8 Å². The van der Waals surface area contributed by atoms with Crippen LogP contribution < -0.4 is 0 Å². The maximum Gasteiger partial charge on any atom is 0.192 e. The van der Waals surface area contributed by atoms with Gasteiger partial charge >= 0.3 is 0 Å². The maximum absolute atomic E-state index is 9.18. The zero-order valence-corrected chi connectivity index (χ0v) is 9.90. The number of rotatable bonds is 3. The molecule has 2 aromatic heterocycles. The average Bonchev–Trinajstić information content (AvgIpc) is 2.65. The monoisotopic (exact) mass is 257 g/mol. The summed E-state index contributed by atoms with van der Waals surface area (Å²) in [7, 11) is 1.77. The summed E-state index contributed by atoms with van der Waals surface area (Å²) in [6.45, 7) is -0.208. The standard InChI is InChI=1S/C8H8ClN5OS/c1-14-8(12-4-13-14)16-7-5(2-15)6(9)10-3-11-7/h3-4,15H,2H2,1H3. The highest BCUT2D eigenvalue weighted by atomic mass is 35.5. The van der Waals surface area contributed by atoms with E-state index in [1.54, 1.807) is 11.7 Å². The first kappa shape index (κ1) is 11.3. The lowest BCUT2D eigenvalue weighted by molar-refractivity contribution is 0.277. The van der Waals surface area contributed by atoms with Crippen LogP contribution in [0.3, 0.4) is 0 Å². The fraction of sp³-hybridized carbons (Fsp3) is 0.250. The number of aromatic nitrogens is 5. The Labute approximate surface area is 101 Å². The Morgan fingerprint density at radius 1 is 1.38 bits per heavy atom. The molecule has 0 atom stereocenters.